The zero-order valence-corrected chi connectivity index (χ0v) is 83.2. The van der Waals surface area contributed by atoms with Gasteiger partial charge in [0.15, 0.2) is 5.58 Å². The first-order chi connectivity index (χ1) is 72.5. The number of furan rings is 1. The largest absolute Gasteiger partial charge is 0.454 e. The van der Waals surface area contributed by atoms with Crippen molar-refractivity contribution >= 4 is 240 Å². The van der Waals surface area contributed by atoms with Crippen molar-refractivity contribution < 1.29 is 4.42 Å². The molecule has 27 aromatic rings. The van der Waals surface area contributed by atoms with Crippen LogP contribution in [-0.4, -0.2) is 9.97 Å². The van der Waals surface area contributed by atoms with E-state index >= 15 is 0 Å². The molecule has 6 heterocycles. The fourth-order valence-electron chi connectivity index (χ4n) is 20.9. The van der Waals surface area contributed by atoms with Crippen LogP contribution >= 0.6 is 34.0 Å². The summed E-state index contributed by atoms with van der Waals surface area (Å²) in [7, 11) is 0. The van der Waals surface area contributed by atoms with Gasteiger partial charge < -0.3 is 33.8 Å². The van der Waals surface area contributed by atoms with E-state index < -0.39 is 0 Å². The van der Waals surface area contributed by atoms with Gasteiger partial charge in [-0.1, -0.05) is 271 Å². The quantitative estimate of drug-likeness (QED) is 0.0700. The third-order valence-corrected chi connectivity index (χ3v) is 31.5. The highest BCUT2D eigenvalue weighted by Crippen LogP contribution is 2.52. The summed E-state index contributed by atoms with van der Waals surface area (Å²) in [5.74, 6) is 0. The molecule has 0 aliphatic rings. The Morgan fingerprint density at radius 2 is 0.517 bits per heavy atom. The number of anilines is 18. The predicted octanol–water partition coefficient (Wildman–Crippen LogP) is 40.2. The molecule has 27 rings (SSSR count). The lowest BCUT2D eigenvalue weighted by molar-refractivity contribution is 0.669. The van der Waals surface area contributed by atoms with Gasteiger partial charge in [-0.2, -0.15) is 0 Å². The Bertz CT molecular complexity index is 9620. The molecule has 21 aromatic carbocycles. The van der Waals surface area contributed by atoms with Crippen LogP contribution in [0.5, 0.6) is 0 Å². The molecule has 0 N–H and O–H groups in total. The lowest BCUT2D eigenvalue weighted by Crippen LogP contribution is -2.13. The third kappa shape index (κ3) is 17.2. The minimum Gasteiger partial charge on any atom is -0.454 e. The van der Waals surface area contributed by atoms with Gasteiger partial charge in [-0.15, -0.1) is 34.0 Å². The molecule has 0 saturated heterocycles. The summed E-state index contributed by atoms with van der Waals surface area (Å²) in [4.78, 5) is 23.5. The van der Waals surface area contributed by atoms with Gasteiger partial charge >= 0.3 is 0 Å². The highest BCUT2D eigenvalue weighted by molar-refractivity contribution is 7.26. The van der Waals surface area contributed by atoms with Gasteiger partial charge in [0.25, 0.3) is 0 Å². The van der Waals surface area contributed by atoms with Crippen molar-refractivity contribution in [3.05, 3.63) is 533 Å². The molecule has 0 aliphatic carbocycles. The maximum Gasteiger partial charge on any atom is 0.159 e. The Labute approximate surface area is 864 Å². The van der Waals surface area contributed by atoms with Crippen LogP contribution in [0.25, 0.3) is 137 Å². The number of hydrogen-bond donors (Lipinski definition) is 0. The van der Waals surface area contributed by atoms with Gasteiger partial charge in [0.05, 0.1) is 17.6 Å². The number of thiophene rings is 3. The number of pyridine rings is 2. The van der Waals surface area contributed by atoms with Crippen molar-refractivity contribution in [3.63, 3.8) is 0 Å². The second-order valence-corrected chi connectivity index (χ2v) is 40.8. The summed E-state index contributed by atoms with van der Waals surface area (Å²) in [5.41, 5.74) is 31.2. The van der Waals surface area contributed by atoms with Crippen LogP contribution in [0.15, 0.2) is 521 Å². The molecule has 12 heteroatoms. The standard InChI is InChI=1S/C68H45N3S2.C67H49N5OS/c1-3-20-52(21-4-1)69(57-32-29-46-15-7-9-17-48(46)39-57)55-25-14-26-56(43-55)71(60-35-37-66-63(45-60)61-27-11-12-28-65(61)72-66)54-24-13-19-50(41-54)51-31-36-62-64-44-59(34-38-67(64)73-68(62)42-51)70(53-22-5-2-6-23-53)58-33-30-47-16-8-10-18-49(47)40-58;1-44-19-26-51(27-20-44)70(52-28-21-45(2)22-29-52)55-13-7-14-56(39-55)71(54-12-6-10-47(36-54)49-11-9-35-68-41-49)58-37-50(42-69-43-58)48-25-33-60-61-34-32-57(40-66(61)74-65(60)38-48)72(53-30-23-46(3)24-31-53)63-17-8-16-62-59-15-4-5-18-64(59)73-67(62)63/h1-45H;4-43H,1-3H3. The third-order valence-electron chi connectivity index (χ3n) is 28.1. The summed E-state index contributed by atoms with van der Waals surface area (Å²) in [6.07, 6.45) is 7.68. The lowest BCUT2D eigenvalue weighted by atomic mass is 10.0. The number of para-hydroxylation sites is 4. The van der Waals surface area contributed by atoms with E-state index in [4.69, 9.17) is 9.40 Å². The van der Waals surface area contributed by atoms with E-state index in [0.717, 1.165) is 152 Å². The zero-order chi connectivity index (χ0) is 97.9. The first-order valence-electron chi connectivity index (χ1n) is 49.6. The van der Waals surface area contributed by atoms with Crippen molar-refractivity contribution in [3.8, 4) is 33.4 Å². The van der Waals surface area contributed by atoms with E-state index in [-0.39, 0.29) is 0 Å². The molecule has 147 heavy (non-hydrogen) atoms. The first kappa shape index (κ1) is 88.8. The highest BCUT2D eigenvalue weighted by atomic mass is 32.1. The Hall–Kier alpha value is -18.3. The molecule has 0 saturated carbocycles. The number of rotatable bonds is 21. The molecule has 0 unspecified atom stereocenters. The molecule has 0 fully saturated rings. The minimum absolute atomic E-state index is 0.866. The molecule has 0 atom stereocenters. The number of aromatic nitrogens is 2. The molecule has 0 amide bonds. The molecule has 6 aromatic heterocycles. The minimum atomic E-state index is 0.866. The van der Waals surface area contributed by atoms with Crippen LogP contribution < -0.4 is 29.4 Å². The summed E-state index contributed by atoms with van der Waals surface area (Å²) in [6, 6.07) is 178. The van der Waals surface area contributed by atoms with Crippen LogP contribution in [0.1, 0.15) is 16.7 Å². The number of benzene rings is 21. The van der Waals surface area contributed by atoms with Crippen LogP contribution in [0.3, 0.4) is 0 Å². The average molecular weight is 1940 g/mol. The predicted molar refractivity (Wildman–Crippen MR) is 628 cm³/mol. The van der Waals surface area contributed by atoms with Gasteiger partial charge in [0.2, 0.25) is 0 Å². The molecular weight excluding hydrogens is 1850 g/mol. The first-order valence-corrected chi connectivity index (χ1v) is 52.1. The summed E-state index contributed by atoms with van der Waals surface area (Å²) < 4.78 is 14.2. The molecule has 0 spiro atoms. The van der Waals surface area contributed by atoms with Gasteiger partial charge in [-0.25, -0.2) is 0 Å². The van der Waals surface area contributed by atoms with Crippen LogP contribution in [0.2, 0.25) is 0 Å². The molecule has 698 valence electrons. The Kier molecular flexibility index (Phi) is 23.1. The van der Waals surface area contributed by atoms with E-state index in [1.807, 2.05) is 77.0 Å². The van der Waals surface area contributed by atoms with E-state index in [1.54, 1.807) is 0 Å². The molecule has 0 bridgehead atoms. The van der Waals surface area contributed by atoms with Gasteiger partial charge in [-0.05, 0) is 301 Å². The van der Waals surface area contributed by atoms with Gasteiger partial charge in [0.1, 0.15) is 5.58 Å². The fraction of sp³-hybridized carbons (Fsp3) is 0.0222. The number of hydrogen-bond acceptors (Lipinski definition) is 12. The summed E-state index contributed by atoms with van der Waals surface area (Å²) in [5, 5.41) is 14.6. The molecule has 9 nitrogen and oxygen atoms in total. The normalized spacial score (nSPS) is 11.5. The summed E-state index contributed by atoms with van der Waals surface area (Å²) >= 11 is 5.53. The van der Waals surface area contributed by atoms with Crippen LogP contribution in [0, 0.1) is 20.8 Å². The summed E-state index contributed by atoms with van der Waals surface area (Å²) in [6.45, 7) is 6.38. The van der Waals surface area contributed by atoms with Crippen molar-refractivity contribution in [1.82, 2.24) is 9.97 Å². The molecule has 0 aliphatic heterocycles. The maximum absolute atomic E-state index is 6.62. The average Bonchev–Trinajstić information content (AvgIpc) is 1.60. The Balaban J connectivity index is 0.000000149. The zero-order valence-electron chi connectivity index (χ0n) is 80.8. The Morgan fingerprint density at radius 3 is 1.08 bits per heavy atom. The topological polar surface area (TPSA) is 58.4 Å². The van der Waals surface area contributed by atoms with Crippen molar-refractivity contribution in [2.24, 2.45) is 0 Å². The number of fused-ring (bicyclic) bond motifs is 14. The second kappa shape index (κ2) is 38.2. The van der Waals surface area contributed by atoms with E-state index in [2.05, 4.69) is 528 Å². The highest BCUT2D eigenvalue weighted by Gasteiger charge is 2.27. The van der Waals surface area contributed by atoms with Crippen LogP contribution in [-0.2, 0) is 0 Å². The second-order valence-electron chi connectivity index (χ2n) is 37.6. The van der Waals surface area contributed by atoms with E-state index in [0.29, 0.717) is 0 Å². The van der Waals surface area contributed by atoms with Crippen molar-refractivity contribution in [1.29, 1.82) is 0 Å². The number of aryl methyl sites for hydroxylation is 3. The SMILES string of the molecule is Cc1ccc(N(c2ccc(C)cc2)c2cccc(N(c3cccc(-c4cccnc4)c3)c3cncc(-c4ccc5c(c4)sc4cc(N(c6ccc(C)cc6)c6cccc7c6oc6ccccc67)ccc45)c3)c2)cc1.c1ccc(N(c2cccc(N(c3cccc(-c4ccc5c(c4)sc4ccc(N(c6ccccc6)c6ccc7ccccc7c6)cc45)c3)c3ccc4sc5ccccc5c4c3)c2)c2ccc3ccccc3c2)cc1. The van der Waals surface area contributed by atoms with E-state index in [1.165, 1.54) is 104 Å². The van der Waals surface area contributed by atoms with E-state index in [9.17, 15) is 0 Å². The van der Waals surface area contributed by atoms with Crippen LogP contribution in [0.4, 0.5) is 102 Å². The smallest absolute Gasteiger partial charge is 0.159 e. The number of nitrogens with zero attached hydrogens (tertiary/aromatic N) is 8. The van der Waals surface area contributed by atoms with Gasteiger partial charge in [-0.3, -0.25) is 9.97 Å². The van der Waals surface area contributed by atoms with Crippen molar-refractivity contribution in [2.45, 2.75) is 20.8 Å². The monoisotopic (exact) mass is 1940 g/mol. The fourth-order valence-corrected chi connectivity index (χ4v) is 24.3. The molecular formula is C135H94N8OS3. The Morgan fingerprint density at radius 1 is 0.177 bits per heavy atom. The molecule has 0 radical (unpaired) electrons. The van der Waals surface area contributed by atoms with Crippen molar-refractivity contribution in [2.75, 3.05) is 29.4 Å². The lowest BCUT2D eigenvalue weighted by Gasteiger charge is -2.30. The maximum atomic E-state index is 6.62. The van der Waals surface area contributed by atoms with Gasteiger partial charge in [0, 0.05) is 192 Å².